The lowest BCUT2D eigenvalue weighted by molar-refractivity contribution is 0.271. The largest absolute Gasteiger partial charge is 0.295 e. The highest BCUT2D eigenvalue weighted by atomic mass is 35.5. The van der Waals surface area contributed by atoms with E-state index in [-0.39, 0.29) is 0 Å². The third-order valence-corrected chi connectivity index (χ3v) is 3.54. The van der Waals surface area contributed by atoms with Gasteiger partial charge in [0.2, 0.25) is 0 Å². The van der Waals surface area contributed by atoms with E-state index in [9.17, 15) is 0 Å². The minimum atomic E-state index is 0.694. The smallest absolute Gasteiger partial charge is 0.0453 e. The fourth-order valence-corrected chi connectivity index (χ4v) is 2.45. The predicted octanol–water partition coefficient (Wildman–Crippen LogP) is 3.85. The number of hydrogen-bond donors (Lipinski definition) is 0. The van der Waals surface area contributed by atoms with Crippen molar-refractivity contribution in [3.63, 3.8) is 0 Å². The van der Waals surface area contributed by atoms with Crippen LogP contribution in [0.25, 0.3) is 0 Å². The van der Waals surface area contributed by atoms with E-state index in [2.05, 4.69) is 24.0 Å². The summed E-state index contributed by atoms with van der Waals surface area (Å²) in [5.74, 6) is 0.694. The Hall–Kier alpha value is -0.240. The van der Waals surface area contributed by atoms with Gasteiger partial charge < -0.3 is 0 Å². The molecule has 16 heavy (non-hydrogen) atoms. The first-order valence-electron chi connectivity index (χ1n) is 5.75. The Balaban J connectivity index is 2.05. The van der Waals surface area contributed by atoms with E-state index in [1.165, 1.54) is 24.0 Å². The molecule has 1 fully saturated rings. The average molecular weight is 258 g/mol. The number of rotatable bonds is 5. The van der Waals surface area contributed by atoms with Crippen molar-refractivity contribution < 1.29 is 0 Å². The Kier molecular flexibility index (Phi) is 4.12. The second-order valence-corrected chi connectivity index (χ2v) is 5.27. The van der Waals surface area contributed by atoms with E-state index in [4.69, 9.17) is 23.2 Å². The van der Waals surface area contributed by atoms with Crippen molar-refractivity contribution in [1.82, 2.24) is 4.90 Å². The molecular formula is C13H17Cl2N. The van der Waals surface area contributed by atoms with Gasteiger partial charge in [0.1, 0.15) is 0 Å². The van der Waals surface area contributed by atoms with Crippen molar-refractivity contribution in [3.05, 3.63) is 34.3 Å². The molecule has 0 aromatic heterocycles. The zero-order valence-electron chi connectivity index (χ0n) is 9.55. The van der Waals surface area contributed by atoms with Crippen LogP contribution in [0.3, 0.4) is 0 Å². The van der Waals surface area contributed by atoms with Gasteiger partial charge in [-0.15, -0.1) is 11.6 Å². The van der Waals surface area contributed by atoms with Gasteiger partial charge in [-0.2, -0.15) is 0 Å². The van der Waals surface area contributed by atoms with Crippen molar-refractivity contribution in [2.45, 2.75) is 32.4 Å². The van der Waals surface area contributed by atoms with Crippen LogP contribution in [0.5, 0.6) is 0 Å². The number of halogens is 2. The minimum absolute atomic E-state index is 0.694. The Bertz CT molecular complexity index is 361. The van der Waals surface area contributed by atoms with Gasteiger partial charge in [0.25, 0.3) is 0 Å². The summed E-state index contributed by atoms with van der Waals surface area (Å²) in [6.45, 7) is 3.94. The number of alkyl halides is 1. The van der Waals surface area contributed by atoms with Crippen LogP contribution >= 0.6 is 23.2 Å². The summed E-state index contributed by atoms with van der Waals surface area (Å²) in [5, 5.41) is 0.875. The molecule has 2 rings (SSSR count). The molecular weight excluding hydrogens is 241 g/mol. The highest BCUT2D eigenvalue weighted by molar-refractivity contribution is 6.31. The van der Waals surface area contributed by atoms with Crippen molar-refractivity contribution in [2.24, 2.45) is 0 Å². The van der Waals surface area contributed by atoms with E-state index >= 15 is 0 Å². The Morgan fingerprint density at radius 3 is 2.69 bits per heavy atom. The second kappa shape index (κ2) is 5.39. The maximum atomic E-state index is 6.24. The highest BCUT2D eigenvalue weighted by Crippen LogP contribution is 2.29. The lowest BCUT2D eigenvalue weighted by Gasteiger charge is -2.21. The molecule has 88 valence electrons. The third kappa shape index (κ3) is 3.13. The molecule has 1 aromatic carbocycles. The van der Waals surface area contributed by atoms with E-state index < -0.39 is 0 Å². The topological polar surface area (TPSA) is 3.24 Å². The third-order valence-electron chi connectivity index (χ3n) is 3.02. The maximum absolute atomic E-state index is 6.24. The molecule has 0 N–H and O–H groups in total. The number of nitrogens with zero attached hydrogens (tertiary/aromatic N) is 1. The molecule has 1 aromatic rings. The molecule has 1 aliphatic rings. The van der Waals surface area contributed by atoms with Crippen LogP contribution in [-0.4, -0.2) is 23.4 Å². The molecule has 0 unspecified atom stereocenters. The Labute approximate surface area is 107 Å². The molecule has 0 bridgehead atoms. The highest BCUT2D eigenvalue weighted by Gasteiger charge is 2.28. The molecule has 1 aliphatic carbocycles. The summed E-state index contributed by atoms with van der Waals surface area (Å²) in [7, 11) is 0. The van der Waals surface area contributed by atoms with Crippen LogP contribution in [0.15, 0.2) is 18.2 Å². The van der Waals surface area contributed by atoms with Crippen LogP contribution in [0.1, 0.15) is 24.0 Å². The predicted molar refractivity (Wildman–Crippen MR) is 70.3 cm³/mol. The molecule has 0 radical (unpaired) electrons. The van der Waals surface area contributed by atoms with Gasteiger partial charge in [0.05, 0.1) is 0 Å². The first-order valence-corrected chi connectivity index (χ1v) is 6.67. The van der Waals surface area contributed by atoms with Crippen LogP contribution in [0.2, 0.25) is 5.02 Å². The quantitative estimate of drug-likeness (QED) is 0.725. The average Bonchev–Trinajstić information content (AvgIpc) is 3.04. The van der Waals surface area contributed by atoms with Crippen LogP contribution in [0, 0.1) is 6.92 Å². The minimum Gasteiger partial charge on any atom is -0.295 e. The van der Waals surface area contributed by atoms with Crippen LogP contribution < -0.4 is 0 Å². The summed E-state index contributed by atoms with van der Waals surface area (Å²) < 4.78 is 0. The normalized spacial score (nSPS) is 15.8. The van der Waals surface area contributed by atoms with Gasteiger partial charge in [-0.05, 0) is 37.0 Å². The molecule has 0 aliphatic heterocycles. The van der Waals surface area contributed by atoms with Crippen molar-refractivity contribution >= 4 is 23.2 Å². The van der Waals surface area contributed by atoms with Gasteiger partial charge >= 0.3 is 0 Å². The number of benzene rings is 1. The van der Waals surface area contributed by atoms with Gasteiger partial charge in [0.15, 0.2) is 0 Å². The lowest BCUT2D eigenvalue weighted by Crippen LogP contribution is -2.27. The summed E-state index contributed by atoms with van der Waals surface area (Å²) in [4.78, 5) is 2.43. The Morgan fingerprint density at radius 1 is 1.38 bits per heavy atom. The zero-order valence-corrected chi connectivity index (χ0v) is 11.1. The van der Waals surface area contributed by atoms with E-state index in [0.717, 1.165) is 24.2 Å². The van der Waals surface area contributed by atoms with Crippen molar-refractivity contribution in [1.29, 1.82) is 0 Å². The summed E-state index contributed by atoms with van der Waals surface area (Å²) in [6, 6.07) is 7.01. The van der Waals surface area contributed by atoms with E-state index in [0.29, 0.717) is 5.88 Å². The lowest BCUT2D eigenvalue weighted by atomic mass is 10.1. The van der Waals surface area contributed by atoms with Gasteiger partial charge in [-0.3, -0.25) is 4.90 Å². The molecule has 0 saturated heterocycles. The second-order valence-electron chi connectivity index (χ2n) is 4.49. The molecule has 0 spiro atoms. The zero-order chi connectivity index (χ0) is 11.5. The Morgan fingerprint density at radius 2 is 2.12 bits per heavy atom. The monoisotopic (exact) mass is 257 g/mol. The molecule has 0 atom stereocenters. The van der Waals surface area contributed by atoms with Crippen LogP contribution in [-0.2, 0) is 6.54 Å². The molecule has 1 saturated carbocycles. The number of hydrogen-bond acceptors (Lipinski definition) is 1. The summed E-state index contributed by atoms with van der Waals surface area (Å²) >= 11 is 12.1. The van der Waals surface area contributed by atoms with E-state index in [1.54, 1.807) is 0 Å². The first kappa shape index (κ1) is 12.2. The van der Waals surface area contributed by atoms with Crippen molar-refractivity contribution in [3.8, 4) is 0 Å². The van der Waals surface area contributed by atoms with Crippen molar-refractivity contribution in [2.75, 3.05) is 12.4 Å². The summed E-state index contributed by atoms with van der Waals surface area (Å²) in [6.07, 6.45) is 2.61. The van der Waals surface area contributed by atoms with Gasteiger partial charge in [-0.1, -0.05) is 23.7 Å². The number of aryl methyl sites for hydroxylation is 1. The van der Waals surface area contributed by atoms with E-state index in [1.807, 2.05) is 6.07 Å². The molecule has 1 nitrogen and oxygen atoms in total. The van der Waals surface area contributed by atoms with Crippen LogP contribution in [0.4, 0.5) is 0 Å². The fraction of sp³-hybridized carbons (Fsp3) is 0.538. The fourth-order valence-electron chi connectivity index (χ4n) is 1.94. The summed E-state index contributed by atoms with van der Waals surface area (Å²) in [5.41, 5.74) is 2.42. The van der Waals surface area contributed by atoms with Gasteiger partial charge in [-0.25, -0.2) is 0 Å². The maximum Gasteiger partial charge on any atom is 0.0453 e. The molecule has 0 amide bonds. The molecule has 3 heteroatoms. The first-order chi connectivity index (χ1) is 7.70. The standard InChI is InChI=1S/C13H17Cl2N/c1-10-2-3-11(13(15)8-10)9-16(7-6-14)12-4-5-12/h2-3,8,12H,4-7,9H2,1H3. The van der Waals surface area contributed by atoms with Gasteiger partial charge in [0, 0.05) is 30.0 Å². The SMILES string of the molecule is Cc1ccc(CN(CCCl)C2CC2)c(Cl)c1. The molecule has 0 heterocycles.